The normalized spacial score (nSPS) is 10.1. The summed E-state index contributed by atoms with van der Waals surface area (Å²) in [6.45, 7) is 0.868. The molecule has 2 aromatic rings. The van der Waals surface area contributed by atoms with Crippen LogP contribution in [0.3, 0.4) is 0 Å². The first-order valence-corrected chi connectivity index (χ1v) is 5.70. The lowest BCUT2D eigenvalue weighted by Gasteiger charge is -2.05. The van der Waals surface area contributed by atoms with Crippen LogP contribution in [0.2, 0.25) is 0 Å². The van der Waals surface area contributed by atoms with Gasteiger partial charge in [0.2, 0.25) is 0 Å². The number of aryl methyl sites for hydroxylation is 1. The monoisotopic (exact) mass is 228 g/mol. The molecule has 0 spiro atoms. The van der Waals surface area contributed by atoms with Crippen LogP contribution >= 0.6 is 0 Å². The fourth-order valence-corrected chi connectivity index (χ4v) is 1.62. The van der Waals surface area contributed by atoms with Gasteiger partial charge in [0.15, 0.2) is 0 Å². The molecule has 0 fully saturated rings. The summed E-state index contributed by atoms with van der Waals surface area (Å²) in [4.78, 5) is 8.09. The van der Waals surface area contributed by atoms with Gasteiger partial charge in [-0.05, 0) is 18.4 Å². The van der Waals surface area contributed by atoms with Gasteiger partial charge in [-0.1, -0.05) is 30.3 Å². The van der Waals surface area contributed by atoms with Gasteiger partial charge in [0.05, 0.1) is 12.4 Å². The van der Waals surface area contributed by atoms with Crippen LogP contribution in [0.4, 0.5) is 11.6 Å². The molecule has 0 saturated heterocycles. The summed E-state index contributed by atoms with van der Waals surface area (Å²) in [5.74, 6) is 1.18. The van der Waals surface area contributed by atoms with Gasteiger partial charge in [0, 0.05) is 6.54 Å². The van der Waals surface area contributed by atoms with E-state index in [2.05, 4.69) is 39.6 Å². The molecule has 0 unspecified atom stereocenters. The number of nitrogens with zero attached hydrogens (tertiary/aromatic N) is 2. The predicted octanol–water partition coefficient (Wildman–Crippen LogP) is 2.10. The second-order valence-electron chi connectivity index (χ2n) is 3.85. The van der Waals surface area contributed by atoms with E-state index in [1.54, 1.807) is 6.20 Å². The van der Waals surface area contributed by atoms with E-state index >= 15 is 0 Å². The van der Waals surface area contributed by atoms with E-state index in [9.17, 15) is 0 Å². The zero-order valence-electron chi connectivity index (χ0n) is 9.63. The van der Waals surface area contributed by atoms with E-state index < -0.39 is 0 Å². The van der Waals surface area contributed by atoms with Crippen LogP contribution in [0.5, 0.6) is 0 Å². The number of anilines is 2. The van der Waals surface area contributed by atoms with Crippen LogP contribution in [0.15, 0.2) is 42.7 Å². The highest BCUT2D eigenvalue weighted by atomic mass is 15.0. The van der Waals surface area contributed by atoms with E-state index in [-0.39, 0.29) is 0 Å². The Morgan fingerprint density at radius 2 is 1.94 bits per heavy atom. The molecule has 0 aliphatic heterocycles. The third-order valence-corrected chi connectivity index (χ3v) is 2.44. The van der Waals surface area contributed by atoms with E-state index in [0.29, 0.717) is 5.82 Å². The summed E-state index contributed by atoms with van der Waals surface area (Å²) in [5.41, 5.74) is 6.89. The van der Waals surface area contributed by atoms with Gasteiger partial charge in [-0.25, -0.2) is 4.98 Å². The van der Waals surface area contributed by atoms with E-state index in [1.165, 1.54) is 11.8 Å². The first-order valence-electron chi connectivity index (χ1n) is 5.70. The molecule has 0 amide bonds. The zero-order chi connectivity index (χ0) is 11.9. The molecule has 1 aromatic carbocycles. The molecule has 0 aliphatic carbocycles. The number of nitrogens with one attached hydrogen (secondary N) is 1. The molecule has 0 saturated carbocycles. The molecule has 17 heavy (non-hydrogen) atoms. The minimum Gasteiger partial charge on any atom is -0.382 e. The Morgan fingerprint density at radius 3 is 2.71 bits per heavy atom. The predicted molar refractivity (Wildman–Crippen MR) is 69.7 cm³/mol. The van der Waals surface area contributed by atoms with Gasteiger partial charge in [-0.3, -0.25) is 4.98 Å². The Bertz CT molecular complexity index is 456. The summed E-state index contributed by atoms with van der Waals surface area (Å²) in [7, 11) is 0. The van der Waals surface area contributed by atoms with Crippen LogP contribution in [-0.2, 0) is 6.42 Å². The lowest BCUT2D eigenvalue weighted by molar-refractivity contribution is 0.858. The largest absolute Gasteiger partial charge is 0.382 e. The standard InChI is InChI=1S/C13H16N4/c14-12-9-15-10-13(17-12)16-8-4-7-11-5-2-1-3-6-11/h1-3,5-6,9-10H,4,7-8H2,(H3,14,16,17). The van der Waals surface area contributed by atoms with Crippen molar-refractivity contribution in [2.45, 2.75) is 12.8 Å². The van der Waals surface area contributed by atoms with Crippen LogP contribution in [0.25, 0.3) is 0 Å². The Labute approximate surface area is 101 Å². The van der Waals surface area contributed by atoms with Crippen LogP contribution in [-0.4, -0.2) is 16.5 Å². The van der Waals surface area contributed by atoms with Gasteiger partial charge >= 0.3 is 0 Å². The number of nitrogens with two attached hydrogens (primary N) is 1. The quantitative estimate of drug-likeness (QED) is 0.769. The highest BCUT2D eigenvalue weighted by Crippen LogP contribution is 2.05. The lowest BCUT2D eigenvalue weighted by Crippen LogP contribution is -2.06. The van der Waals surface area contributed by atoms with Crippen molar-refractivity contribution in [3.05, 3.63) is 48.3 Å². The van der Waals surface area contributed by atoms with Crippen LogP contribution < -0.4 is 11.1 Å². The fourth-order valence-electron chi connectivity index (χ4n) is 1.62. The number of benzene rings is 1. The topological polar surface area (TPSA) is 63.8 Å². The maximum absolute atomic E-state index is 5.54. The SMILES string of the molecule is Nc1cncc(NCCCc2ccccc2)n1. The molecule has 2 rings (SSSR count). The van der Waals surface area contributed by atoms with Gasteiger partial charge < -0.3 is 11.1 Å². The minimum absolute atomic E-state index is 0.443. The van der Waals surface area contributed by atoms with Crippen molar-refractivity contribution in [2.24, 2.45) is 0 Å². The van der Waals surface area contributed by atoms with Crippen molar-refractivity contribution >= 4 is 11.6 Å². The third kappa shape index (κ3) is 3.75. The molecule has 0 radical (unpaired) electrons. The van der Waals surface area contributed by atoms with E-state index in [1.807, 2.05) is 6.07 Å². The summed E-state index contributed by atoms with van der Waals surface area (Å²) >= 11 is 0. The maximum Gasteiger partial charge on any atom is 0.146 e. The molecule has 88 valence electrons. The fraction of sp³-hybridized carbons (Fsp3) is 0.231. The van der Waals surface area contributed by atoms with Gasteiger partial charge in [-0.2, -0.15) is 0 Å². The first kappa shape index (κ1) is 11.4. The van der Waals surface area contributed by atoms with Gasteiger partial charge in [0.25, 0.3) is 0 Å². The zero-order valence-corrected chi connectivity index (χ0v) is 9.63. The average molecular weight is 228 g/mol. The van der Waals surface area contributed by atoms with Crippen molar-refractivity contribution in [2.75, 3.05) is 17.6 Å². The van der Waals surface area contributed by atoms with Crippen molar-refractivity contribution < 1.29 is 0 Å². The molecule has 0 bridgehead atoms. The Morgan fingerprint density at radius 1 is 1.12 bits per heavy atom. The molecule has 4 nitrogen and oxygen atoms in total. The minimum atomic E-state index is 0.443. The average Bonchev–Trinajstić information content (AvgIpc) is 2.36. The smallest absolute Gasteiger partial charge is 0.146 e. The van der Waals surface area contributed by atoms with Crippen LogP contribution in [0.1, 0.15) is 12.0 Å². The summed E-state index contributed by atoms with van der Waals surface area (Å²) in [5, 5.41) is 3.20. The highest BCUT2D eigenvalue weighted by Gasteiger charge is 1.95. The summed E-state index contributed by atoms with van der Waals surface area (Å²) in [6.07, 6.45) is 5.33. The van der Waals surface area contributed by atoms with Gasteiger partial charge in [0.1, 0.15) is 11.6 Å². The number of hydrogen-bond donors (Lipinski definition) is 2. The van der Waals surface area contributed by atoms with E-state index in [4.69, 9.17) is 5.73 Å². The third-order valence-electron chi connectivity index (χ3n) is 2.44. The second kappa shape index (κ2) is 5.84. The molecule has 0 aliphatic rings. The highest BCUT2D eigenvalue weighted by molar-refractivity contribution is 5.38. The Balaban J connectivity index is 1.73. The van der Waals surface area contributed by atoms with Crippen molar-refractivity contribution in [3.8, 4) is 0 Å². The summed E-state index contributed by atoms with van der Waals surface area (Å²) < 4.78 is 0. The number of nitrogen functional groups attached to an aromatic ring is 1. The van der Waals surface area contributed by atoms with Gasteiger partial charge in [-0.15, -0.1) is 0 Å². The number of aromatic nitrogens is 2. The lowest BCUT2D eigenvalue weighted by atomic mass is 10.1. The van der Waals surface area contributed by atoms with E-state index in [0.717, 1.165) is 25.2 Å². The van der Waals surface area contributed by atoms with Crippen molar-refractivity contribution in [1.82, 2.24) is 9.97 Å². The molecule has 1 aromatic heterocycles. The van der Waals surface area contributed by atoms with Crippen molar-refractivity contribution in [1.29, 1.82) is 0 Å². The molecule has 0 atom stereocenters. The molecule has 1 heterocycles. The first-order chi connectivity index (χ1) is 8.34. The number of hydrogen-bond acceptors (Lipinski definition) is 4. The maximum atomic E-state index is 5.54. The Kier molecular flexibility index (Phi) is 3.91. The molecule has 3 N–H and O–H groups in total. The van der Waals surface area contributed by atoms with Crippen LogP contribution in [0, 0.1) is 0 Å². The molecular formula is C13H16N4. The molecule has 4 heteroatoms. The Hall–Kier alpha value is -2.10. The number of rotatable bonds is 5. The van der Waals surface area contributed by atoms with Crippen molar-refractivity contribution in [3.63, 3.8) is 0 Å². The summed E-state index contributed by atoms with van der Waals surface area (Å²) in [6, 6.07) is 10.4. The molecular weight excluding hydrogens is 212 g/mol. The second-order valence-corrected chi connectivity index (χ2v) is 3.85.